The van der Waals surface area contributed by atoms with Gasteiger partial charge in [0, 0.05) is 11.1 Å². The van der Waals surface area contributed by atoms with Crippen LogP contribution in [0.3, 0.4) is 0 Å². The minimum atomic E-state index is -0.109. The fourth-order valence-electron chi connectivity index (χ4n) is 2.52. The Balaban J connectivity index is 2.08. The molecule has 0 heterocycles. The zero-order valence-electron chi connectivity index (χ0n) is 10.9. The summed E-state index contributed by atoms with van der Waals surface area (Å²) in [5.74, 6) is 5.31. The Labute approximate surface area is 118 Å². The molecule has 5 heteroatoms. The molecule has 0 radical (unpaired) electrons. The number of amides is 1. The molecule has 104 valence electrons. The first kappa shape index (κ1) is 14.2. The number of nitrogens with one attached hydrogen (secondary N) is 2. The molecular formula is C14H20ClN3O. The molecule has 4 N–H and O–H groups in total. The van der Waals surface area contributed by atoms with Crippen LogP contribution < -0.4 is 16.6 Å². The van der Waals surface area contributed by atoms with Crippen LogP contribution >= 0.6 is 11.6 Å². The van der Waals surface area contributed by atoms with Gasteiger partial charge in [0.1, 0.15) is 0 Å². The van der Waals surface area contributed by atoms with Crippen LogP contribution in [0.2, 0.25) is 5.02 Å². The van der Waals surface area contributed by atoms with Gasteiger partial charge in [0.25, 0.3) is 5.91 Å². The third-order valence-corrected chi connectivity index (χ3v) is 3.81. The second kappa shape index (κ2) is 6.78. The maximum absolute atomic E-state index is 12.3. The van der Waals surface area contributed by atoms with Crippen molar-refractivity contribution in [3.05, 3.63) is 28.8 Å². The highest BCUT2D eigenvalue weighted by molar-refractivity contribution is 6.31. The summed E-state index contributed by atoms with van der Waals surface area (Å²) < 4.78 is 0. The average Bonchev–Trinajstić information content (AvgIpc) is 2.67. The number of nitrogens with two attached hydrogens (primary N) is 1. The van der Waals surface area contributed by atoms with Crippen LogP contribution in [0.25, 0.3) is 0 Å². The zero-order chi connectivity index (χ0) is 13.7. The van der Waals surface area contributed by atoms with Gasteiger partial charge in [-0.3, -0.25) is 10.6 Å². The lowest BCUT2D eigenvalue weighted by atomic mass is 10.1. The summed E-state index contributed by atoms with van der Waals surface area (Å²) in [5, 5.41) is 3.62. The van der Waals surface area contributed by atoms with Gasteiger partial charge < -0.3 is 10.7 Å². The number of hydrogen-bond acceptors (Lipinski definition) is 3. The minimum Gasteiger partial charge on any atom is -0.349 e. The van der Waals surface area contributed by atoms with E-state index in [1.165, 1.54) is 25.7 Å². The number of anilines is 1. The lowest BCUT2D eigenvalue weighted by Crippen LogP contribution is -2.35. The molecule has 0 saturated heterocycles. The molecule has 1 aliphatic rings. The maximum atomic E-state index is 12.3. The van der Waals surface area contributed by atoms with Crippen molar-refractivity contribution in [1.82, 2.24) is 5.32 Å². The number of hydrogen-bond donors (Lipinski definition) is 3. The smallest absolute Gasteiger partial charge is 0.253 e. The maximum Gasteiger partial charge on any atom is 0.253 e. The fourth-order valence-corrected chi connectivity index (χ4v) is 2.69. The van der Waals surface area contributed by atoms with Crippen LogP contribution in [0.5, 0.6) is 0 Å². The molecule has 0 aromatic heterocycles. The molecule has 1 aromatic carbocycles. The van der Waals surface area contributed by atoms with E-state index in [0.29, 0.717) is 16.3 Å². The summed E-state index contributed by atoms with van der Waals surface area (Å²) in [6.45, 7) is 0. The Morgan fingerprint density at radius 3 is 2.53 bits per heavy atom. The first-order chi connectivity index (χ1) is 9.20. The highest BCUT2D eigenvalue weighted by Gasteiger charge is 2.18. The second-order valence-electron chi connectivity index (χ2n) is 5.00. The SMILES string of the molecule is NNc1ccc(Cl)cc1C(=O)NC1CCCCCC1. The van der Waals surface area contributed by atoms with Crippen molar-refractivity contribution in [1.29, 1.82) is 0 Å². The summed E-state index contributed by atoms with van der Waals surface area (Å²) in [5.41, 5.74) is 3.63. The topological polar surface area (TPSA) is 67.1 Å². The molecule has 0 aliphatic heterocycles. The predicted molar refractivity (Wildman–Crippen MR) is 78.2 cm³/mol. The van der Waals surface area contributed by atoms with E-state index in [-0.39, 0.29) is 11.9 Å². The second-order valence-corrected chi connectivity index (χ2v) is 5.43. The molecule has 1 aliphatic carbocycles. The van der Waals surface area contributed by atoms with Crippen LogP contribution in [-0.2, 0) is 0 Å². The van der Waals surface area contributed by atoms with E-state index < -0.39 is 0 Å². The van der Waals surface area contributed by atoms with Gasteiger partial charge >= 0.3 is 0 Å². The number of halogens is 1. The first-order valence-electron chi connectivity index (χ1n) is 6.77. The van der Waals surface area contributed by atoms with E-state index in [9.17, 15) is 4.79 Å². The Morgan fingerprint density at radius 1 is 1.21 bits per heavy atom. The summed E-state index contributed by atoms with van der Waals surface area (Å²) in [4.78, 5) is 12.3. The van der Waals surface area contributed by atoms with E-state index in [1.807, 2.05) is 0 Å². The number of carbonyl (C=O) groups is 1. The van der Waals surface area contributed by atoms with Crippen LogP contribution in [0.4, 0.5) is 5.69 Å². The Bertz CT molecular complexity index is 442. The molecule has 1 fully saturated rings. The van der Waals surface area contributed by atoms with Crippen molar-refractivity contribution >= 4 is 23.2 Å². The average molecular weight is 282 g/mol. The summed E-state index contributed by atoms with van der Waals surface area (Å²) in [6.07, 6.45) is 7.00. The van der Waals surface area contributed by atoms with Gasteiger partial charge in [-0.1, -0.05) is 37.3 Å². The van der Waals surface area contributed by atoms with Gasteiger partial charge in [0.15, 0.2) is 0 Å². The highest BCUT2D eigenvalue weighted by atomic mass is 35.5. The van der Waals surface area contributed by atoms with Crippen LogP contribution in [0.1, 0.15) is 48.9 Å². The zero-order valence-corrected chi connectivity index (χ0v) is 11.7. The molecule has 0 unspecified atom stereocenters. The Hall–Kier alpha value is -1.26. The standard InChI is InChI=1S/C14H20ClN3O/c15-10-7-8-13(18-16)12(9-10)14(19)17-11-5-3-1-2-4-6-11/h7-9,11,18H,1-6,16H2,(H,17,19). The molecular weight excluding hydrogens is 262 g/mol. The molecule has 2 rings (SSSR count). The van der Waals surface area contributed by atoms with Crippen LogP contribution in [-0.4, -0.2) is 11.9 Å². The molecule has 0 atom stereocenters. The normalized spacial score (nSPS) is 16.7. The Morgan fingerprint density at radius 2 is 1.89 bits per heavy atom. The van der Waals surface area contributed by atoms with Crippen molar-refractivity contribution in [2.45, 2.75) is 44.6 Å². The monoisotopic (exact) mass is 281 g/mol. The van der Waals surface area contributed by atoms with Crippen molar-refractivity contribution in [3.8, 4) is 0 Å². The number of nitrogen functional groups attached to an aromatic ring is 1. The van der Waals surface area contributed by atoms with Crippen LogP contribution in [0, 0.1) is 0 Å². The lowest BCUT2D eigenvalue weighted by molar-refractivity contribution is 0.0934. The Kier molecular flexibility index (Phi) is 5.05. The molecule has 4 nitrogen and oxygen atoms in total. The van der Waals surface area contributed by atoms with E-state index in [2.05, 4.69) is 10.7 Å². The van der Waals surface area contributed by atoms with Gasteiger partial charge in [-0.25, -0.2) is 0 Å². The quantitative estimate of drug-likeness (QED) is 0.453. The molecule has 0 bridgehead atoms. The molecule has 0 spiro atoms. The van der Waals surface area contributed by atoms with Crippen molar-refractivity contribution in [2.24, 2.45) is 5.84 Å². The third-order valence-electron chi connectivity index (χ3n) is 3.57. The summed E-state index contributed by atoms with van der Waals surface area (Å²) in [6, 6.07) is 5.33. The lowest BCUT2D eigenvalue weighted by Gasteiger charge is -2.17. The van der Waals surface area contributed by atoms with Gasteiger partial charge in [-0.15, -0.1) is 0 Å². The third kappa shape index (κ3) is 3.85. The largest absolute Gasteiger partial charge is 0.349 e. The van der Waals surface area contributed by atoms with E-state index in [4.69, 9.17) is 17.4 Å². The predicted octanol–water partition coefficient (Wildman–Crippen LogP) is 3.08. The number of hydrazine groups is 1. The van der Waals surface area contributed by atoms with Gasteiger partial charge in [0.2, 0.25) is 0 Å². The first-order valence-corrected chi connectivity index (χ1v) is 7.15. The molecule has 1 aromatic rings. The van der Waals surface area contributed by atoms with Gasteiger partial charge in [-0.05, 0) is 31.0 Å². The summed E-state index contributed by atoms with van der Waals surface area (Å²) >= 11 is 5.94. The van der Waals surface area contributed by atoms with Gasteiger partial charge in [0.05, 0.1) is 11.3 Å². The van der Waals surface area contributed by atoms with E-state index in [1.54, 1.807) is 18.2 Å². The minimum absolute atomic E-state index is 0.109. The van der Waals surface area contributed by atoms with Crippen molar-refractivity contribution in [3.63, 3.8) is 0 Å². The fraction of sp³-hybridized carbons (Fsp3) is 0.500. The number of rotatable bonds is 3. The highest BCUT2D eigenvalue weighted by Crippen LogP contribution is 2.22. The summed E-state index contributed by atoms with van der Waals surface area (Å²) in [7, 11) is 0. The van der Waals surface area contributed by atoms with Crippen molar-refractivity contribution < 1.29 is 4.79 Å². The number of carbonyl (C=O) groups excluding carboxylic acids is 1. The molecule has 1 amide bonds. The number of benzene rings is 1. The van der Waals surface area contributed by atoms with Gasteiger partial charge in [-0.2, -0.15) is 0 Å². The van der Waals surface area contributed by atoms with Crippen LogP contribution in [0.15, 0.2) is 18.2 Å². The van der Waals surface area contributed by atoms with Crippen molar-refractivity contribution in [2.75, 3.05) is 5.43 Å². The van der Waals surface area contributed by atoms with E-state index >= 15 is 0 Å². The van der Waals surface area contributed by atoms with E-state index in [0.717, 1.165) is 12.8 Å². The molecule has 19 heavy (non-hydrogen) atoms. The molecule has 1 saturated carbocycles.